The van der Waals surface area contributed by atoms with E-state index in [1.54, 1.807) is 12.1 Å². The third kappa shape index (κ3) is 5.31. The average molecular weight is 462 g/mol. The molecule has 0 spiro atoms. The minimum atomic E-state index is -1.21. The number of hydrogen-bond acceptors (Lipinski definition) is 8. The van der Waals surface area contributed by atoms with Gasteiger partial charge in [0.2, 0.25) is 5.91 Å². The van der Waals surface area contributed by atoms with Crippen molar-refractivity contribution in [2.24, 2.45) is 0 Å². The van der Waals surface area contributed by atoms with Crippen LogP contribution in [-0.4, -0.2) is 32.1 Å². The van der Waals surface area contributed by atoms with Gasteiger partial charge in [0, 0.05) is 29.3 Å². The number of aromatic nitrogens is 2. The lowest BCUT2D eigenvalue weighted by Crippen LogP contribution is -2.05. The highest BCUT2D eigenvalue weighted by molar-refractivity contribution is 8.00. The molecule has 1 heterocycles. The van der Waals surface area contributed by atoms with Gasteiger partial charge in [0.1, 0.15) is 11.3 Å². The monoisotopic (exact) mass is 461 g/mol. The average Bonchev–Trinajstić information content (AvgIpc) is 2.78. The summed E-state index contributed by atoms with van der Waals surface area (Å²) in [6, 6.07) is 18.9. The number of fused-ring (bicyclic) bond motifs is 1. The maximum atomic E-state index is 11.2. The molecule has 0 saturated heterocycles. The Morgan fingerprint density at radius 1 is 0.879 bits per heavy atom. The lowest BCUT2D eigenvalue weighted by molar-refractivity contribution is -0.114. The van der Waals surface area contributed by atoms with Crippen LogP contribution in [0.4, 0.5) is 23.0 Å². The summed E-state index contributed by atoms with van der Waals surface area (Å²) in [4.78, 5) is 32.5. The highest BCUT2D eigenvalue weighted by Crippen LogP contribution is 2.31. The number of amides is 1. The molecule has 0 aliphatic heterocycles. The molecule has 5 N–H and O–H groups in total. The Morgan fingerprint density at radius 2 is 1.52 bits per heavy atom. The number of para-hydroxylation sites is 2. The lowest BCUT2D eigenvalue weighted by atomic mass is 10.2. The summed E-state index contributed by atoms with van der Waals surface area (Å²) >= 11 is 1.31. The minimum Gasteiger partial charge on any atom is -0.507 e. The molecule has 166 valence electrons. The summed E-state index contributed by atoms with van der Waals surface area (Å²) in [5.74, 6) is -0.861. The van der Waals surface area contributed by atoms with E-state index in [2.05, 4.69) is 25.3 Å². The molecule has 0 aliphatic rings. The van der Waals surface area contributed by atoms with Crippen LogP contribution in [0.15, 0.2) is 71.6 Å². The normalized spacial score (nSPS) is 10.6. The molecule has 10 heteroatoms. The van der Waals surface area contributed by atoms with Crippen molar-refractivity contribution >= 4 is 57.9 Å². The van der Waals surface area contributed by atoms with Crippen molar-refractivity contribution in [3.8, 4) is 5.75 Å². The molecule has 0 saturated carbocycles. The number of rotatable bonds is 7. The summed E-state index contributed by atoms with van der Waals surface area (Å²) in [5.41, 5.74) is 2.32. The zero-order chi connectivity index (χ0) is 23.4. The molecule has 0 aliphatic carbocycles. The molecule has 33 heavy (non-hydrogen) atoms. The quantitative estimate of drug-likeness (QED) is 0.244. The molecule has 0 fully saturated rings. The summed E-state index contributed by atoms with van der Waals surface area (Å²) in [5, 5.41) is 24.9. The van der Waals surface area contributed by atoms with Crippen LogP contribution in [0.5, 0.6) is 5.75 Å². The molecule has 0 radical (unpaired) electrons. The van der Waals surface area contributed by atoms with Crippen LogP contribution in [0.1, 0.15) is 17.3 Å². The molecule has 9 nitrogen and oxygen atoms in total. The van der Waals surface area contributed by atoms with Crippen LogP contribution >= 0.6 is 11.9 Å². The number of hydrogen-bond donors (Lipinski definition) is 5. The first-order valence-corrected chi connectivity index (χ1v) is 10.6. The van der Waals surface area contributed by atoms with Crippen molar-refractivity contribution in [2.75, 3.05) is 15.4 Å². The van der Waals surface area contributed by atoms with E-state index in [0.29, 0.717) is 34.0 Å². The summed E-state index contributed by atoms with van der Waals surface area (Å²) in [7, 11) is 0. The number of aromatic carboxylic acids is 1. The fourth-order valence-corrected chi connectivity index (χ4v) is 3.63. The van der Waals surface area contributed by atoms with Crippen LogP contribution in [-0.2, 0) is 4.79 Å². The van der Waals surface area contributed by atoms with Crippen LogP contribution in [0, 0.1) is 0 Å². The van der Waals surface area contributed by atoms with E-state index >= 15 is 0 Å². The Bertz CT molecular complexity index is 1340. The first-order chi connectivity index (χ1) is 15.9. The second kappa shape index (κ2) is 9.45. The lowest BCUT2D eigenvalue weighted by Gasteiger charge is -2.13. The smallest absolute Gasteiger partial charge is 0.339 e. The second-order valence-corrected chi connectivity index (χ2v) is 7.86. The number of benzene rings is 3. The van der Waals surface area contributed by atoms with Crippen LogP contribution in [0.3, 0.4) is 0 Å². The van der Waals surface area contributed by atoms with Gasteiger partial charge in [-0.05, 0) is 60.5 Å². The van der Waals surface area contributed by atoms with Crippen LogP contribution in [0.2, 0.25) is 0 Å². The van der Waals surface area contributed by atoms with Gasteiger partial charge in [0.25, 0.3) is 0 Å². The van der Waals surface area contributed by atoms with Crippen molar-refractivity contribution in [3.63, 3.8) is 0 Å². The fourth-order valence-electron chi connectivity index (χ4n) is 3.00. The number of carbonyl (C=O) groups excluding carboxylic acids is 1. The number of aromatic hydroxyl groups is 1. The molecule has 4 rings (SSSR count). The van der Waals surface area contributed by atoms with E-state index in [9.17, 15) is 14.7 Å². The number of carbonyl (C=O) groups is 2. The molecule has 1 amide bonds. The van der Waals surface area contributed by atoms with E-state index < -0.39 is 5.97 Å². The third-order valence-electron chi connectivity index (χ3n) is 4.50. The number of phenols is 1. The van der Waals surface area contributed by atoms with E-state index in [-0.39, 0.29) is 17.2 Å². The van der Waals surface area contributed by atoms with Gasteiger partial charge in [-0.1, -0.05) is 12.1 Å². The first kappa shape index (κ1) is 21.9. The molecular weight excluding hydrogens is 442 g/mol. The Labute approximate surface area is 193 Å². The predicted octanol–water partition coefficient (Wildman–Crippen LogP) is 4.85. The van der Waals surface area contributed by atoms with Crippen molar-refractivity contribution < 1.29 is 19.8 Å². The number of anilines is 4. The highest BCUT2D eigenvalue weighted by atomic mass is 32.2. The zero-order valence-electron chi connectivity index (χ0n) is 17.4. The number of nitrogens with zero attached hydrogens (tertiary/aromatic N) is 2. The Kier molecular flexibility index (Phi) is 6.27. The van der Waals surface area contributed by atoms with Crippen molar-refractivity contribution in [1.82, 2.24) is 9.97 Å². The van der Waals surface area contributed by atoms with Gasteiger partial charge in [-0.2, -0.15) is 0 Å². The van der Waals surface area contributed by atoms with E-state index in [0.717, 1.165) is 4.90 Å². The number of carboxylic acid groups (broad SMARTS) is 1. The van der Waals surface area contributed by atoms with E-state index in [1.165, 1.54) is 37.1 Å². The summed E-state index contributed by atoms with van der Waals surface area (Å²) in [6.07, 6.45) is 0. The summed E-state index contributed by atoms with van der Waals surface area (Å²) in [6.45, 7) is 1.45. The first-order valence-electron chi connectivity index (χ1n) is 9.79. The van der Waals surface area contributed by atoms with E-state index in [4.69, 9.17) is 5.11 Å². The van der Waals surface area contributed by atoms with Crippen molar-refractivity contribution in [3.05, 3.63) is 72.3 Å². The van der Waals surface area contributed by atoms with E-state index in [1.807, 2.05) is 36.4 Å². The SMILES string of the molecule is CC(=O)Nc1ccc(SNc2nc3ccccc3nc2Nc2ccc(C(=O)O)c(O)c2)cc1. The number of nitrogens with one attached hydrogen (secondary N) is 3. The van der Waals surface area contributed by atoms with Gasteiger partial charge in [0.05, 0.1) is 11.0 Å². The largest absolute Gasteiger partial charge is 0.507 e. The van der Waals surface area contributed by atoms with Gasteiger partial charge in [0.15, 0.2) is 11.6 Å². The second-order valence-electron chi connectivity index (χ2n) is 6.98. The maximum absolute atomic E-state index is 11.2. The molecule has 0 bridgehead atoms. The Morgan fingerprint density at radius 3 is 2.12 bits per heavy atom. The van der Waals surface area contributed by atoms with Crippen LogP contribution in [0.25, 0.3) is 11.0 Å². The predicted molar refractivity (Wildman–Crippen MR) is 128 cm³/mol. The Hall–Kier alpha value is -4.31. The van der Waals surface area contributed by atoms with Crippen molar-refractivity contribution in [2.45, 2.75) is 11.8 Å². The molecule has 3 aromatic carbocycles. The molecule has 0 atom stereocenters. The Balaban J connectivity index is 1.60. The van der Waals surface area contributed by atoms with Gasteiger partial charge >= 0.3 is 5.97 Å². The topological polar surface area (TPSA) is 136 Å². The van der Waals surface area contributed by atoms with Crippen molar-refractivity contribution in [1.29, 1.82) is 0 Å². The van der Waals surface area contributed by atoms with Gasteiger partial charge in [-0.15, -0.1) is 0 Å². The molecule has 0 unspecified atom stereocenters. The summed E-state index contributed by atoms with van der Waals surface area (Å²) < 4.78 is 3.18. The van der Waals surface area contributed by atoms with Gasteiger partial charge in [-0.3, -0.25) is 4.79 Å². The van der Waals surface area contributed by atoms with Gasteiger partial charge in [-0.25, -0.2) is 14.8 Å². The van der Waals surface area contributed by atoms with Gasteiger partial charge < -0.3 is 25.6 Å². The highest BCUT2D eigenvalue weighted by Gasteiger charge is 2.13. The zero-order valence-corrected chi connectivity index (χ0v) is 18.2. The van der Waals surface area contributed by atoms with Crippen LogP contribution < -0.4 is 15.4 Å². The third-order valence-corrected chi connectivity index (χ3v) is 5.30. The molecular formula is C23H19N5O4S. The minimum absolute atomic E-state index is 0.141. The molecule has 1 aromatic heterocycles. The number of carboxylic acids is 1. The molecule has 4 aromatic rings. The standard InChI is InChI=1S/C23H19N5O4S/c1-13(29)24-14-6-9-16(10-7-14)33-28-22-21(26-18-4-2-3-5-19(18)27-22)25-15-8-11-17(23(31)32)20(30)12-15/h2-12,30H,1H3,(H,24,29)(H,25,26)(H,27,28)(H,31,32). The maximum Gasteiger partial charge on any atom is 0.339 e. The fraction of sp³-hybridized carbons (Fsp3) is 0.0435.